The van der Waals surface area contributed by atoms with Gasteiger partial charge in [-0.3, -0.25) is 0 Å². The monoisotopic (exact) mass is 286 g/mol. The number of aromatic nitrogens is 2. The van der Waals surface area contributed by atoms with Crippen molar-refractivity contribution in [2.45, 2.75) is 46.5 Å². The molecule has 1 rings (SSSR count). The van der Waals surface area contributed by atoms with Gasteiger partial charge in [-0.05, 0) is 30.6 Å². The quantitative estimate of drug-likeness (QED) is 0.652. The Morgan fingerprint density at radius 2 is 2.11 bits per heavy atom. The average molecular weight is 286 g/mol. The first-order valence-electron chi connectivity index (χ1n) is 6.84. The van der Waals surface area contributed by atoms with Crippen LogP contribution in [0.5, 0.6) is 5.19 Å². The van der Waals surface area contributed by atoms with E-state index >= 15 is 0 Å². The molecular formula is C13H22N2O3S. The van der Waals surface area contributed by atoms with Gasteiger partial charge in [0.15, 0.2) is 0 Å². The minimum absolute atomic E-state index is 0.249. The number of rotatable bonds is 9. The first-order chi connectivity index (χ1) is 9.21. The largest absolute Gasteiger partial charge is 0.469 e. The number of carbonyl (C=O) groups excluding carboxylic acids is 1. The summed E-state index contributed by atoms with van der Waals surface area (Å²) >= 11 is 1.14. The van der Waals surface area contributed by atoms with Crippen LogP contribution in [-0.2, 0) is 4.74 Å². The number of unbranched alkanes of at least 4 members (excludes halogenated alkanes) is 1. The molecule has 1 heterocycles. The van der Waals surface area contributed by atoms with Crippen molar-refractivity contribution in [1.82, 2.24) is 10.2 Å². The second kappa shape index (κ2) is 8.85. The van der Waals surface area contributed by atoms with Crippen molar-refractivity contribution in [1.29, 1.82) is 0 Å². The van der Waals surface area contributed by atoms with Gasteiger partial charge in [0.1, 0.15) is 0 Å². The highest BCUT2D eigenvalue weighted by Gasteiger charge is 2.15. The van der Waals surface area contributed by atoms with Crippen molar-refractivity contribution in [2.75, 3.05) is 13.2 Å². The maximum Gasteiger partial charge on any atom is 0.369 e. The molecule has 0 fully saturated rings. The fraction of sp³-hybridized carbons (Fsp3) is 0.769. The minimum atomic E-state index is -0.437. The number of hydrogen-bond acceptors (Lipinski definition) is 6. The van der Waals surface area contributed by atoms with E-state index in [0.29, 0.717) is 24.3 Å². The lowest BCUT2D eigenvalue weighted by atomic mass is 10.0. The van der Waals surface area contributed by atoms with E-state index in [1.807, 2.05) is 0 Å². The zero-order valence-electron chi connectivity index (χ0n) is 11.8. The number of ether oxygens (including phenoxy) is 2. The van der Waals surface area contributed by atoms with E-state index in [4.69, 9.17) is 9.47 Å². The van der Waals surface area contributed by atoms with Crippen molar-refractivity contribution >= 4 is 17.3 Å². The van der Waals surface area contributed by atoms with Crippen molar-refractivity contribution in [2.24, 2.45) is 5.92 Å². The van der Waals surface area contributed by atoms with Crippen LogP contribution in [0, 0.1) is 5.92 Å². The SMILES string of the molecule is CCCCC(CC)COc1nnc(C(=O)OCC)s1. The molecule has 0 aliphatic rings. The Morgan fingerprint density at radius 1 is 1.32 bits per heavy atom. The molecule has 0 bridgehead atoms. The Labute approximate surface area is 118 Å². The van der Waals surface area contributed by atoms with Crippen LogP contribution in [0.4, 0.5) is 0 Å². The van der Waals surface area contributed by atoms with Gasteiger partial charge < -0.3 is 9.47 Å². The summed E-state index contributed by atoms with van der Waals surface area (Å²) < 4.78 is 10.5. The molecular weight excluding hydrogens is 264 g/mol. The maximum absolute atomic E-state index is 11.4. The van der Waals surface area contributed by atoms with Crippen LogP contribution in [-0.4, -0.2) is 29.4 Å². The van der Waals surface area contributed by atoms with E-state index in [2.05, 4.69) is 24.0 Å². The molecule has 0 spiro atoms. The zero-order chi connectivity index (χ0) is 14.1. The molecule has 0 aliphatic heterocycles. The molecule has 108 valence electrons. The van der Waals surface area contributed by atoms with E-state index in [-0.39, 0.29) is 5.01 Å². The maximum atomic E-state index is 11.4. The third-order valence-corrected chi connectivity index (χ3v) is 3.66. The summed E-state index contributed by atoms with van der Waals surface area (Å²) in [6, 6.07) is 0. The molecule has 0 radical (unpaired) electrons. The van der Waals surface area contributed by atoms with Gasteiger partial charge in [0, 0.05) is 0 Å². The normalized spacial score (nSPS) is 12.2. The van der Waals surface area contributed by atoms with E-state index in [9.17, 15) is 4.79 Å². The standard InChI is InChI=1S/C13H22N2O3S/c1-4-7-8-10(5-2)9-18-13-15-14-11(19-13)12(16)17-6-3/h10H,4-9H2,1-3H3. The van der Waals surface area contributed by atoms with Crippen molar-refractivity contribution in [3.63, 3.8) is 0 Å². The third kappa shape index (κ3) is 5.55. The Kier molecular flexibility index (Phi) is 7.40. The topological polar surface area (TPSA) is 61.3 Å². The average Bonchev–Trinajstić information content (AvgIpc) is 2.88. The fourth-order valence-corrected chi connectivity index (χ4v) is 2.23. The van der Waals surface area contributed by atoms with Crippen LogP contribution in [0.15, 0.2) is 0 Å². The van der Waals surface area contributed by atoms with E-state index in [1.54, 1.807) is 6.92 Å². The van der Waals surface area contributed by atoms with Gasteiger partial charge in [0.25, 0.3) is 5.19 Å². The number of carbonyl (C=O) groups is 1. The summed E-state index contributed by atoms with van der Waals surface area (Å²) in [6.07, 6.45) is 4.66. The third-order valence-electron chi connectivity index (χ3n) is 2.84. The number of nitrogens with zero attached hydrogens (tertiary/aromatic N) is 2. The van der Waals surface area contributed by atoms with E-state index in [1.165, 1.54) is 12.8 Å². The number of esters is 1. The van der Waals surface area contributed by atoms with Crippen LogP contribution < -0.4 is 4.74 Å². The second-order valence-corrected chi connectivity index (χ2v) is 5.26. The molecule has 19 heavy (non-hydrogen) atoms. The van der Waals surface area contributed by atoms with Gasteiger partial charge in [0.2, 0.25) is 5.01 Å². The van der Waals surface area contributed by atoms with Gasteiger partial charge in [-0.15, -0.1) is 5.10 Å². The molecule has 0 saturated heterocycles. The van der Waals surface area contributed by atoms with E-state index < -0.39 is 5.97 Å². The second-order valence-electron chi connectivity index (χ2n) is 4.32. The lowest BCUT2D eigenvalue weighted by Crippen LogP contribution is -2.11. The van der Waals surface area contributed by atoms with Gasteiger partial charge in [-0.1, -0.05) is 38.2 Å². The Balaban J connectivity index is 2.42. The smallest absolute Gasteiger partial charge is 0.369 e. The molecule has 1 aromatic heterocycles. The predicted octanol–water partition coefficient (Wildman–Crippen LogP) is 3.31. The van der Waals surface area contributed by atoms with Gasteiger partial charge in [-0.25, -0.2) is 4.79 Å². The lowest BCUT2D eigenvalue weighted by Gasteiger charge is -2.13. The van der Waals surface area contributed by atoms with Crippen LogP contribution >= 0.6 is 11.3 Å². The molecule has 0 aliphatic carbocycles. The summed E-state index contributed by atoms with van der Waals surface area (Å²) in [5.41, 5.74) is 0. The van der Waals surface area contributed by atoms with Gasteiger partial charge in [0.05, 0.1) is 13.2 Å². The van der Waals surface area contributed by atoms with Crippen LogP contribution in [0.3, 0.4) is 0 Å². The van der Waals surface area contributed by atoms with Gasteiger partial charge >= 0.3 is 5.97 Å². The summed E-state index contributed by atoms with van der Waals surface area (Å²) in [6.45, 7) is 7.07. The fourth-order valence-electron chi connectivity index (χ4n) is 1.63. The summed E-state index contributed by atoms with van der Waals surface area (Å²) in [4.78, 5) is 11.4. The molecule has 5 nitrogen and oxygen atoms in total. The molecule has 0 amide bonds. The Morgan fingerprint density at radius 3 is 2.74 bits per heavy atom. The minimum Gasteiger partial charge on any atom is -0.469 e. The van der Waals surface area contributed by atoms with Crippen molar-refractivity contribution in [3.8, 4) is 5.19 Å². The molecule has 1 atom stereocenters. The van der Waals surface area contributed by atoms with Crippen molar-refractivity contribution in [3.05, 3.63) is 5.01 Å². The highest BCUT2D eigenvalue weighted by atomic mass is 32.1. The van der Waals surface area contributed by atoms with Crippen LogP contribution in [0.1, 0.15) is 56.3 Å². The molecule has 1 unspecified atom stereocenters. The van der Waals surface area contributed by atoms with Crippen LogP contribution in [0.25, 0.3) is 0 Å². The first kappa shape index (κ1) is 15.9. The lowest BCUT2D eigenvalue weighted by molar-refractivity contribution is 0.0525. The first-order valence-corrected chi connectivity index (χ1v) is 7.66. The summed E-state index contributed by atoms with van der Waals surface area (Å²) in [5.74, 6) is 0.0998. The van der Waals surface area contributed by atoms with Gasteiger partial charge in [-0.2, -0.15) is 0 Å². The Hall–Kier alpha value is -1.17. The zero-order valence-corrected chi connectivity index (χ0v) is 12.7. The van der Waals surface area contributed by atoms with Crippen LogP contribution in [0.2, 0.25) is 0 Å². The highest BCUT2D eigenvalue weighted by Crippen LogP contribution is 2.21. The number of hydrogen-bond donors (Lipinski definition) is 0. The molecule has 0 saturated carbocycles. The molecule has 0 N–H and O–H groups in total. The Bertz CT molecular complexity index is 382. The summed E-state index contributed by atoms with van der Waals surface area (Å²) in [5, 5.41) is 8.31. The van der Waals surface area contributed by atoms with Crippen molar-refractivity contribution < 1.29 is 14.3 Å². The molecule has 6 heteroatoms. The predicted molar refractivity (Wildman–Crippen MR) is 74.7 cm³/mol. The van der Waals surface area contributed by atoms with E-state index in [0.717, 1.165) is 24.2 Å². The highest BCUT2D eigenvalue weighted by molar-refractivity contribution is 7.14. The summed E-state index contributed by atoms with van der Waals surface area (Å²) in [7, 11) is 0. The molecule has 0 aromatic carbocycles. The molecule has 1 aromatic rings.